The molecule has 120 valence electrons. The average molecular weight is 305 g/mol. The lowest BCUT2D eigenvalue weighted by Crippen LogP contribution is -2.39. The minimum atomic E-state index is -0.582. The van der Waals surface area contributed by atoms with Crippen molar-refractivity contribution in [3.63, 3.8) is 0 Å². The second kappa shape index (κ2) is 6.55. The van der Waals surface area contributed by atoms with E-state index in [1.54, 1.807) is 13.1 Å². The van der Waals surface area contributed by atoms with E-state index in [2.05, 4.69) is 15.2 Å². The van der Waals surface area contributed by atoms with Gasteiger partial charge >= 0.3 is 0 Å². The van der Waals surface area contributed by atoms with Gasteiger partial charge in [-0.2, -0.15) is 0 Å². The summed E-state index contributed by atoms with van der Waals surface area (Å²) in [5.74, 6) is 1.61. The van der Waals surface area contributed by atoms with Crippen LogP contribution in [-0.4, -0.2) is 36.1 Å². The van der Waals surface area contributed by atoms with E-state index >= 15 is 0 Å². The highest BCUT2D eigenvalue weighted by Crippen LogP contribution is 2.35. The number of rotatable bonds is 2. The van der Waals surface area contributed by atoms with Gasteiger partial charge in [-0.1, -0.05) is 18.9 Å². The van der Waals surface area contributed by atoms with E-state index in [0.29, 0.717) is 6.54 Å². The summed E-state index contributed by atoms with van der Waals surface area (Å²) < 4.78 is 13.4. The summed E-state index contributed by atoms with van der Waals surface area (Å²) in [6, 6.07) is 4.47. The van der Waals surface area contributed by atoms with Crippen molar-refractivity contribution in [3.8, 4) is 5.75 Å². The molecule has 0 spiro atoms. The van der Waals surface area contributed by atoms with Crippen LogP contribution in [0.1, 0.15) is 31.2 Å². The fourth-order valence-electron chi connectivity index (χ4n) is 3.75. The van der Waals surface area contributed by atoms with Gasteiger partial charge in [0, 0.05) is 26.7 Å². The average Bonchev–Trinajstić information content (AvgIpc) is 2.95. The number of aliphatic imine (C=N–C) groups is 1. The minimum absolute atomic E-state index is 0.309. The first-order chi connectivity index (χ1) is 10.7. The third-order valence-corrected chi connectivity index (χ3v) is 4.95. The standard InChI is InChI=1S/C17H24FN3O/c1-19-17(20-9-12-6-7-16(22)15(18)8-12)21-10-13-4-2-3-5-14(13)11-21/h6-8,13-14,22H,2-5,9-11H2,1H3,(H,19,20). The van der Waals surface area contributed by atoms with Gasteiger partial charge in [0.05, 0.1) is 0 Å². The van der Waals surface area contributed by atoms with Gasteiger partial charge in [0.2, 0.25) is 0 Å². The van der Waals surface area contributed by atoms with Gasteiger partial charge in [0.25, 0.3) is 0 Å². The van der Waals surface area contributed by atoms with Gasteiger partial charge in [0.1, 0.15) is 0 Å². The van der Waals surface area contributed by atoms with Gasteiger partial charge in [-0.15, -0.1) is 0 Å². The number of phenols is 1. The molecule has 1 saturated carbocycles. The first-order valence-electron chi connectivity index (χ1n) is 8.10. The number of nitrogens with zero attached hydrogens (tertiary/aromatic N) is 2. The highest BCUT2D eigenvalue weighted by atomic mass is 19.1. The van der Waals surface area contributed by atoms with Crippen molar-refractivity contribution in [2.75, 3.05) is 20.1 Å². The molecular formula is C17H24FN3O. The quantitative estimate of drug-likeness (QED) is 0.652. The second-order valence-electron chi connectivity index (χ2n) is 6.40. The zero-order valence-electron chi connectivity index (χ0n) is 13.1. The van der Waals surface area contributed by atoms with E-state index in [1.807, 2.05) is 0 Å². The van der Waals surface area contributed by atoms with Crippen molar-refractivity contribution in [1.29, 1.82) is 0 Å². The fraction of sp³-hybridized carbons (Fsp3) is 0.588. The molecular weight excluding hydrogens is 281 g/mol. The summed E-state index contributed by atoms with van der Waals surface area (Å²) in [7, 11) is 1.79. The van der Waals surface area contributed by atoms with E-state index < -0.39 is 5.82 Å². The van der Waals surface area contributed by atoms with Crippen LogP contribution in [0.3, 0.4) is 0 Å². The monoisotopic (exact) mass is 305 g/mol. The number of phenolic OH excluding ortho intramolecular Hbond substituents is 1. The van der Waals surface area contributed by atoms with Crippen LogP contribution in [0, 0.1) is 17.7 Å². The number of guanidine groups is 1. The summed E-state index contributed by atoms with van der Waals surface area (Å²) >= 11 is 0. The van der Waals surface area contributed by atoms with Crippen LogP contribution >= 0.6 is 0 Å². The second-order valence-corrected chi connectivity index (χ2v) is 6.40. The highest BCUT2D eigenvalue weighted by molar-refractivity contribution is 5.80. The Morgan fingerprint density at radius 1 is 1.32 bits per heavy atom. The molecule has 0 radical (unpaired) electrons. The van der Waals surface area contributed by atoms with E-state index in [9.17, 15) is 9.50 Å². The molecule has 1 heterocycles. The van der Waals surface area contributed by atoms with Crippen molar-refractivity contribution >= 4 is 5.96 Å². The number of benzene rings is 1. The third-order valence-electron chi connectivity index (χ3n) is 4.95. The molecule has 2 N–H and O–H groups in total. The lowest BCUT2D eigenvalue weighted by atomic mass is 9.82. The largest absolute Gasteiger partial charge is 0.505 e. The number of likely N-dealkylation sites (tertiary alicyclic amines) is 1. The molecule has 5 heteroatoms. The molecule has 22 heavy (non-hydrogen) atoms. The fourth-order valence-corrected chi connectivity index (χ4v) is 3.75. The molecule has 2 fully saturated rings. The number of hydrogen-bond donors (Lipinski definition) is 2. The molecule has 2 unspecified atom stereocenters. The predicted molar refractivity (Wildman–Crippen MR) is 85.3 cm³/mol. The molecule has 1 aliphatic heterocycles. The van der Waals surface area contributed by atoms with Crippen LogP contribution < -0.4 is 5.32 Å². The summed E-state index contributed by atoms with van der Waals surface area (Å²) in [5, 5.41) is 12.5. The van der Waals surface area contributed by atoms with Gasteiger partial charge in [-0.3, -0.25) is 4.99 Å². The number of halogens is 1. The molecule has 2 atom stereocenters. The third kappa shape index (κ3) is 3.18. The van der Waals surface area contributed by atoms with Crippen LogP contribution in [0.5, 0.6) is 5.75 Å². The number of fused-ring (bicyclic) bond motifs is 1. The molecule has 4 nitrogen and oxygen atoms in total. The molecule has 2 aliphatic rings. The predicted octanol–water partition coefficient (Wildman–Crippen LogP) is 2.73. The lowest BCUT2D eigenvalue weighted by Gasteiger charge is -2.22. The topological polar surface area (TPSA) is 47.9 Å². The van der Waals surface area contributed by atoms with Crippen LogP contribution in [-0.2, 0) is 6.54 Å². The highest BCUT2D eigenvalue weighted by Gasteiger charge is 2.35. The molecule has 1 saturated heterocycles. The van der Waals surface area contributed by atoms with Crippen LogP contribution in [0.15, 0.2) is 23.2 Å². The van der Waals surface area contributed by atoms with E-state index in [0.717, 1.165) is 36.4 Å². The zero-order chi connectivity index (χ0) is 15.5. The van der Waals surface area contributed by atoms with Crippen LogP contribution in [0.4, 0.5) is 4.39 Å². The normalized spacial score (nSPS) is 25.2. The Bertz CT molecular complexity index is 547. The van der Waals surface area contributed by atoms with Crippen molar-refractivity contribution in [2.24, 2.45) is 16.8 Å². The maximum atomic E-state index is 13.4. The Kier molecular flexibility index (Phi) is 4.50. The van der Waals surface area contributed by atoms with Crippen molar-refractivity contribution in [1.82, 2.24) is 10.2 Å². The van der Waals surface area contributed by atoms with Gasteiger partial charge < -0.3 is 15.3 Å². The number of aromatic hydroxyl groups is 1. The maximum absolute atomic E-state index is 13.4. The molecule has 0 aromatic heterocycles. The Balaban J connectivity index is 1.59. The Hall–Kier alpha value is -1.78. The molecule has 1 aromatic carbocycles. The smallest absolute Gasteiger partial charge is 0.193 e. The van der Waals surface area contributed by atoms with E-state index in [4.69, 9.17) is 0 Å². The van der Waals surface area contributed by atoms with Crippen LogP contribution in [0.25, 0.3) is 0 Å². The minimum Gasteiger partial charge on any atom is -0.505 e. The Morgan fingerprint density at radius 3 is 2.59 bits per heavy atom. The first kappa shape index (κ1) is 15.1. The Labute approximate surface area is 131 Å². The molecule has 1 aromatic rings. The van der Waals surface area contributed by atoms with Crippen molar-refractivity contribution in [2.45, 2.75) is 32.2 Å². The van der Waals surface area contributed by atoms with Crippen molar-refractivity contribution < 1.29 is 9.50 Å². The van der Waals surface area contributed by atoms with Crippen molar-refractivity contribution in [3.05, 3.63) is 29.6 Å². The van der Waals surface area contributed by atoms with Gasteiger partial charge in [-0.25, -0.2) is 4.39 Å². The van der Waals surface area contributed by atoms with Gasteiger partial charge in [-0.05, 0) is 42.4 Å². The van der Waals surface area contributed by atoms with E-state index in [-0.39, 0.29) is 5.75 Å². The lowest BCUT2D eigenvalue weighted by molar-refractivity contribution is 0.299. The molecule has 3 rings (SSSR count). The Morgan fingerprint density at radius 2 is 2.00 bits per heavy atom. The number of nitrogens with one attached hydrogen (secondary N) is 1. The first-order valence-corrected chi connectivity index (χ1v) is 8.10. The van der Waals surface area contributed by atoms with Crippen LogP contribution in [0.2, 0.25) is 0 Å². The number of hydrogen-bond acceptors (Lipinski definition) is 2. The molecule has 0 bridgehead atoms. The summed E-state index contributed by atoms with van der Waals surface area (Å²) in [6.07, 6.45) is 5.38. The molecule has 1 aliphatic carbocycles. The SMILES string of the molecule is CN=C(NCc1ccc(O)c(F)c1)N1CC2CCCCC2C1. The summed E-state index contributed by atoms with van der Waals surface area (Å²) in [5.41, 5.74) is 0.799. The summed E-state index contributed by atoms with van der Waals surface area (Å²) in [4.78, 5) is 6.70. The summed E-state index contributed by atoms with van der Waals surface area (Å²) in [6.45, 7) is 2.66. The molecule has 0 amide bonds. The van der Waals surface area contributed by atoms with Gasteiger partial charge in [0.15, 0.2) is 17.5 Å². The van der Waals surface area contributed by atoms with E-state index in [1.165, 1.54) is 37.8 Å². The zero-order valence-corrected chi connectivity index (χ0v) is 13.1. The maximum Gasteiger partial charge on any atom is 0.193 e.